The highest BCUT2D eigenvalue weighted by Gasteiger charge is 2.48. The van der Waals surface area contributed by atoms with Crippen LogP contribution in [-0.4, -0.2) is 46.3 Å². The smallest absolute Gasteiger partial charge is 0.245 e. The van der Waals surface area contributed by atoms with Gasteiger partial charge in [-0.15, -0.1) is 0 Å². The van der Waals surface area contributed by atoms with Crippen LogP contribution in [0.1, 0.15) is 39.5 Å². The molecule has 102 valence electrons. The molecule has 2 unspecified atom stereocenters. The zero-order valence-corrected chi connectivity index (χ0v) is 12.2. The van der Waals surface area contributed by atoms with E-state index in [9.17, 15) is 9.59 Å². The van der Waals surface area contributed by atoms with Crippen molar-refractivity contribution in [2.75, 3.05) is 12.8 Å². The predicted octanol–water partition coefficient (Wildman–Crippen LogP) is 1.40. The molecule has 2 aliphatic rings. The van der Waals surface area contributed by atoms with Crippen LogP contribution in [0.3, 0.4) is 0 Å². The maximum absolute atomic E-state index is 12.4. The van der Waals surface area contributed by atoms with Gasteiger partial charge in [0.1, 0.15) is 12.1 Å². The average molecular weight is 270 g/mol. The molecule has 1 aliphatic heterocycles. The van der Waals surface area contributed by atoms with Crippen LogP contribution in [0, 0.1) is 0 Å². The molecule has 0 spiro atoms. The molecule has 2 amide bonds. The molecule has 1 saturated carbocycles. The SMILES string of the molecule is CCCC1NC(=O)C(C)N(CC2(SC)CC2)C1=O. The summed E-state index contributed by atoms with van der Waals surface area (Å²) in [5.74, 6) is 0.0919. The highest BCUT2D eigenvalue weighted by Crippen LogP contribution is 2.48. The van der Waals surface area contributed by atoms with Gasteiger partial charge in [0.05, 0.1) is 0 Å². The topological polar surface area (TPSA) is 49.4 Å². The minimum atomic E-state index is -0.324. The summed E-state index contributed by atoms with van der Waals surface area (Å²) in [5.41, 5.74) is 0. The van der Waals surface area contributed by atoms with Gasteiger partial charge in [0.25, 0.3) is 0 Å². The van der Waals surface area contributed by atoms with Gasteiger partial charge in [0.2, 0.25) is 11.8 Å². The van der Waals surface area contributed by atoms with Crippen LogP contribution in [0.15, 0.2) is 0 Å². The van der Waals surface area contributed by atoms with Crippen LogP contribution >= 0.6 is 11.8 Å². The summed E-state index contributed by atoms with van der Waals surface area (Å²) in [7, 11) is 0. The molecule has 0 aromatic heterocycles. The first-order valence-electron chi connectivity index (χ1n) is 6.69. The van der Waals surface area contributed by atoms with E-state index in [0.29, 0.717) is 0 Å². The fraction of sp³-hybridized carbons (Fsp3) is 0.846. The highest BCUT2D eigenvalue weighted by atomic mass is 32.2. The Bertz CT molecular complexity index is 355. The number of hydrogen-bond acceptors (Lipinski definition) is 3. The lowest BCUT2D eigenvalue weighted by Crippen LogP contribution is -2.63. The number of amides is 2. The van der Waals surface area contributed by atoms with E-state index in [2.05, 4.69) is 11.6 Å². The van der Waals surface area contributed by atoms with Gasteiger partial charge in [0, 0.05) is 11.3 Å². The molecule has 1 heterocycles. The molecule has 0 aromatic rings. The van der Waals surface area contributed by atoms with E-state index in [1.165, 1.54) is 0 Å². The Labute approximate surface area is 113 Å². The quantitative estimate of drug-likeness (QED) is 0.821. The zero-order valence-electron chi connectivity index (χ0n) is 11.4. The van der Waals surface area contributed by atoms with Crippen molar-refractivity contribution in [1.29, 1.82) is 0 Å². The second kappa shape index (κ2) is 5.11. The molecule has 2 fully saturated rings. The number of piperazine rings is 1. The molecular weight excluding hydrogens is 248 g/mol. The van der Waals surface area contributed by atoms with Crippen molar-refractivity contribution in [1.82, 2.24) is 10.2 Å². The Morgan fingerprint density at radius 3 is 2.61 bits per heavy atom. The summed E-state index contributed by atoms with van der Waals surface area (Å²) >= 11 is 1.83. The van der Waals surface area contributed by atoms with Crippen LogP contribution in [0.2, 0.25) is 0 Å². The summed E-state index contributed by atoms with van der Waals surface area (Å²) in [6.07, 6.45) is 6.05. The molecule has 2 atom stereocenters. The Hall–Kier alpha value is -0.710. The summed E-state index contributed by atoms with van der Waals surface area (Å²) in [4.78, 5) is 26.1. The number of carbonyl (C=O) groups excluding carboxylic acids is 2. The number of hydrogen-bond donors (Lipinski definition) is 1. The van der Waals surface area contributed by atoms with Crippen molar-refractivity contribution in [3.8, 4) is 0 Å². The van der Waals surface area contributed by atoms with E-state index in [1.807, 2.05) is 25.6 Å². The summed E-state index contributed by atoms with van der Waals surface area (Å²) in [6.45, 7) is 4.58. The summed E-state index contributed by atoms with van der Waals surface area (Å²) in [6, 6.07) is -0.633. The number of nitrogens with one attached hydrogen (secondary N) is 1. The van der Waals surface area contributed by atoms with Gasteiger partial charge in [-0.2, -0.15) is 11.8 Å². The van der Waals surface area contributed by atoms with E-state index in [0.717, 1.165) is 32.2 Å². The van der Waals surface area contributed by atoms with E-state index >= 15 is 0 Å². The third-order valence-corrected chi connectivity index (χ3v) is 5.42. The van der Waals surface area contributed by atoms with Crippen LogP contribution < -0.4 is 5.32 Å². The minimum absolute atomic E-state index is 0.00930. The lowest BCUT2D eigenvalue weighted by molar-refractivity contribution is -0.148. The summed E-state index contributed by atoms with van der Waals surface area (Å²) < 4.78 is 0.221. The monoisotopic (exact) mass is 270 g/mol. The molecule has 1 N–H and O–H groups in total. The van der Waals surface area contributed by atoms with Crippen molar-refractivity contribution in [2.24, 2.45) is 0 Å². The molecular formula is C13H22N2O2S. The average Bonchev–Trinajstić information content (AvgIpc) is 3.12. The van der Waals surface area contributed by atoms with Gasteiger partial charge in [-0.05, 0) is 32.4 Å². The van der Waals surface area contributed by atoms with Crippen LogP contribution in [0.25, 0.3) is 0 Å². The first-order chi connectivity index (χ1) is 8.53. The number of thioether (sulfide) groups is 1. The fourth-order valence-electron chi connectivity index (χ4n) is 2.46. The van der Waals surface area contributed by atoms with E-state index < -0.39 is 0 Å². The van der Waals surface area contributed by atoms with Gasteiger partial charge in [-0.1, -0.05) is 13.3 Å². The molecule has 0 aromatic carbocycles. The largest absolute Gasteiger partial charge is 0.343 e. The van der Waals surface area contributed by atoms with Crippen LogP contribution in [-0.2, 0) is 9.59 Å². The molecule has 0 radical (unpaired) electrons. The number of carbonyl (C=O) groups is 2. The van der Waals surface area contributed by atoms with E-state index in [1.54, 1.807) is 4.90 Å². The lowest BCUT2D eigenvalue weighted by Gasteiger charge is -2.39. The molecule has 1 aliphatic carbocycles. The Morgan fingerprint density at radius 1 is 1.44 bits per heavy atom. The van der Waals surface area contributed by atoms with Crippen molar-refractivity contribution in [3.05, 3.63) is 0 Å². The maximum atomic E-state index is 12.4. The third-order valence-electron chi connectivity index (χ3n) is 4.02. The lowest BCUT2D eigenvalue weighted by atomic mass is 10.0. The highest BCUT2D eigenvalue weighted by molar-refractivity contribution is 8.00. The van der Waals surface area contributed by atoms with Crippen molar-refractivity contribution >= 4 is 23.6 Å². The summed E-state index contributed by atoms with van der Waals surface area (Å²) in [5, 5.41) is 2.83. The molecule has 0 bridgehead atoms. The molecule has 4 nitrogen and oxygen atoms in total. The van der Waals surface area contributed by atoms with Gasteiger partial charge >= 0.3 is 0 Å². The van der Waals surface area contributed by atoms with Crippen LogP contribution in [0.4, 0.5) is 0 Å². The Morgan fingerprint density at radius 2 is 2.11 bits per heavy atom. The molecule has 18 heavy (non-hydrogen) atoms. The first-order valence-corrected chi connectivity index (χ1v) is 7.91. The number of rotatable bonds is 5. The number of nitrogens with zero attached hydrogens (tertiary/aromatic N) is 1. The van der Waals surface area contributed by atoms with Crippen molar-refractivity contribution in [2.45, 2.75) is 56.4 Å². The predicted molar refractivity (Wildman–Crippen MR) is 73.5 cm³/mol. The second-order valence-electron chi connectivity index (χ2n) is 5.38. The normalized spacial score (nSPS) is 30.3. The second-order valence-corrected chi connectivity index (χ2v) is 6.65. The van der Waals surface area contributed by atoms with E-state index in [4.69, 9.17) is 0 Å². The standard InChI is InChI=1S/C13H22N2O2S/c1-4-5-10-12(17)15(9(2)11(16)14-10)8-13(18-3)6-7-13/h9-10H,4-8H2,1-3H3,(H,14,16). The van der Waals surface area contributed by atoms with Gasteiger partial charge in [0.15, 0.2) is 0 Å². The van der Waals surface area contributed by atoms with Gasteiger partial charge < -0.3 is 10.2 Å². The first kappa shape index (κ1) is 13.7. The molecule has 2 rings (SSSR count). The Balaban J connectivity index is 2.09. The van der Waals surface area contributed by atoms with Crippen LogP contribution in [0.5, 0.6) is 0 Å². The van der Waals surface area contributed by atoms with Gasteiger partial charge in [-0.25, -0.2) is 0 Å². The van der Waals surface area contributed by atoms with Gasteiger partial charge in [-0.3, -0.25) is 9.59 Å². The third kappa shape index (κ3) is 2.51. The minimum Gasteiger partial charge on any atom is -0.343 e. The maximum Gasteiger partial charge on any atom is 0.245 e. The van der Waals surface area contributed by atoms with Crippen molar-refractivity contribution < 1.29 is 9.59 Å². The molecule has 1 saturated heterocycles. The molecule has 5 heteroatoms. The van der Waals surface area contributed by atoms with Crippen molar-refractivity contribution in [3.63, 3.8) is 0 Å². The van der Waals surface area contributed by atoms with E-state index in [-0.39, 0.29) is 28.6 Å². The fourth-order valence-corrected chi connectivity index (χ4v) is 3.24. The Kier molecular flexibility index (Phi) is 3.90. The zero-order chi connectivity index (χ0) is 13.3.